The van der Waals surface area contributed by atoms with Gasteiger partial charge in [0, 0.05) is 36.2 Å². The minimum Gasteiger partial charge on any atom is -0.378 e. The van der Waals surface area contributed by atoms with Gasteiger partial charge in [-0.15, -0.1) is 0 Å². The van der Waals surface area contributed by atoms with E-state index in [2.05, 4.69) is 25.5 Å². The molecule has 1 aliphatic heterocycles. The number of morpholine rings is 1. The summed E-state index contributed by atoms with van der Waals surface area (Å²) in [6.45, 7) is 4.77. The monoisotopic (exact) mass is 425 g/mol. The Balaban J connectivity index is 1.45. The number of rotatable bonds is 5. The lowest BCUT2D eigenvalue weighted by Gasteiger charge is -2.28. The van der Waals surface area contributed by atoms with E-state index < -0.39 is 23.1 Å². The zero-order valence-corrected chi connectivity index (χ0v) is 16.9. The first-order valence-electron chi connectivity index (χ1n) is 9.80. The Kier molecular flexibility index (Phi) is 6.03. The van der Waals surface area contributed by atoms with Crippen LogP contribution in [0.15, 0.2) is 48.5 Å². The molecule has 1 amide bonds. The van der Waals surface area contributed by atoms with E-state index in [0.29, 0.717) is 30.5 Å². The summed E-state index contributed by atoms with van der Waals surface area (Å²) in [5, 5.41) is 5.64. The Bertz CT molecular complexity index is 1070. The smallest absolute Gasteiger partial charge is 0.261 e. The van der Waals surface area contributed by atoms with Crippen LogP contribution in [0.2, 0.25) is 0 Å². The molecule has 0 spiro atoms. The van der Waals surface area contributed by atoms with Crippen LogP contribution in [0.5, 0.6) is 0 Å². The summed E-state index contributed by atoms with van der Waals surface area (Å²) in [5.41, 5.74) is 1.31. The highest BCUT2D eigenvalue weighted by Crippen LogP contribution is 2.21. The molecule has 2 heterocycles. The van der Waals surface area contributed by atoms with Crippen LogP contribution in [0.1, 0.15) is 16.1 Å². The van der Waals surface area contributed by atoms with Crippen molar-refractivity contribution in [3.05, 3.63) is 71.4 Å². The molecule has 0 unspecified atom stereocenters. The molecule has 1 saturated heterocycles. The Morgan fingerprint density at radius 2 is 1.65 bits per heavy atom. The molecular weight excluding hydrogens is 404 g/mol. The number of carbonyl (C=O) groups is 1. The number of ether oxygens (including phenoxy) is 1. The van der Waals surface area contributed by atoms with Crippen LogP contribution < -0.4 is 15.5 Å². The van der Waals surface area contributed by atoms with Crippen molar-refractivity contribution in [3.8, 4) is 0 Å². The molecular formula is C22H21F2N5O2. The van der Waals surface area contributed by atoms with E-state index in [4.69, 9.17) is 4.74 Å². The van der Waals surface area contributed by atoms with Crippen LogP contribution >= 0.6 is 0 Å². The Hall–Kier alpha value is -3.59. The third kappa shape index (κ3) is 4.95. The van der Waals surface area contributed by atoms with Gasteiger partial charge in [-0.1, -0.05) is 6.07 Å². The lowest BCUT2D eigenvalue weighted by Crippen LogP contribution is -2.36. The molecule has 0 atom stereocenters. The second kappa shape index (κ2) is 9.05. The number of aryl methyl sites for hydroxylation is 1. The molecule has 2 N–H and O–H groups in total. The lowest BCUT2D eigenvalue weighted by molar-refractivity contribution is 0.101. The quantitative estimate of drug-likeness (QED) is 0.646. The number of nitrogens with one attached hydrogen (secondary N) is 2. The van der Waals surface area contributed by atoms with Crippen molar-refractivity contribution in [1.82, 2.24) is 9.97 Å². The molecule has 160 valence electrons. The standard InChI is InChI=1S/C22H21F2N5O2/c1-14-13-19(29-9-11-31-12-10-29)28-22(25-14)27-16-7-5-15(6-8-16)26-21(30)20-17(23)3-2-4-18(20)24/h2-8,13H,9-12H2,1H3,(H,26,30)(H,25,27,28). The van der Waals surface area contributed by atoms with Crippen LogP contribution in [0.4, 0.5) is 31.9 Å². The topological polar surface area (TPSA) is 79.4 Å². The second-order valence-corrected chi connectivity index (χ2v) is 7.04. The zero-order valence-electron chi connectivity index (χ0n) is 16.9. The summed E-state index contributed by atoms with van der Waals surface area (Å²) in [7, 11) is 0. The van der Waals surface area contributed by atoms with Gasteiger partial charge < -0.3 is 20.3 Å². The number of halogens is 2. The molecule has 4 rings (SSSR count). The van der Waals surface area contributed by atoms with Crippen molar-refractivity contribution >= 4 is 29.0 Å². The third-order valence-corrected chi connectivity index (χ3v) is 4.76. The van der Waals surface area contributed by atoms with Crippen LogP contribution in [-0.4, -0.2) is 42.2 Å². The molecule has 7 nitrogen and oxygen atoms in total. The van der Waals surface area contributed by atoms with E-state index in [1.165, 1.54) is 6.07 Å². The maximum absolute atomic E-state index is 13.8. The molecule has 0 bridgehead atoms. The molecule has 3 aromatic rings. The average Bonchev–Trinajstić information content (AvgIpc) is 2.75. The van der Waals surface area contributed by atoms with Gasteiger partial charge in [0.15, 0.2) is 0 Å². The highest BCUT2D eigenvalue weighted by molar-refractivity contribution is 6.04. The van der Waals surface area contributed by atoms with Crippen LogP contribution in [0, 0.1) is 18.6 Å². The largest absolute Gasteiger partial charge is 0.378 e. The maximum atomic E-state index is 13.8. The number of anilines is 4. The molecule has 2 aromatic carbocycles. The van der Waals surface area contributed by atoms with Crippen LogP contribution in [-0.2, 0) is 4.74 Å². The van der Waals surface area contributed by atoms with Gasteiger partial charge in [-0.3, -0.25) is 4.79 Å². The van der Waals surface area contributed by atoms with Gasteiger partial charge in [0.2, 0.25) is 5.95 Å². The fraction of sp³-hybridized carbons (Fsp3) is 0.227. The summed E-state index contributed by atoms with van der Waals surface area (Å²) in [6, 6.07) is 11.9. The van der Waals surface area contributed by atoms with Crippen molar-refractivity contribution in [2.45, 2.75) is 6.92 Å². The fourth-order valence-corrected chi connectivity index (χ4v) is 3.24. The fourth-order valence-electron chi connectivity index (χ4n) is 3.24. The number of hydrogen-bond donors (Lipinski definition) is 2. The maximum Gasteiger partial charge on any atom is 0.261 e. The molecule has 31 heavy (non-hydrogen) atoms. The van der Waals surface area contributed by atoms with E-state index in [-0.39, 0.29) is 0 Å². The summed E-state index contributed by atoms with van der Waals surface area (Å²) in [6.07, 6.45) is 0. The summed E-state index contributed by atoms with van der Waals surface area (Å²) in [4.78, 5) is 23.4. The van der Waals surface area contributed by atoms with Gasteiger partial charge in [-0.05, 0) is 43.3 Å². The summed E-state index contributed by atoms with van der Waals surface area (Å²) in [5.74, 6) is -1.40. The van der Waals surface area contributed by atoms with Crippen molar-refractivity contribution < 1.29 is 18.3 Å². The minimum atomic E-state index is -0.913. The molecule has 0 radical (unpaired) electrons. The van der Waals surface area contributed by atoms with Crippen molar-refractivity contribution in [3.63, 3.8) is 0 Å². The van der Waals surface area contributed by atoms with Gasteiger partial charge in [-0.2, -0.15) is 4.98 Å². The number of nitrogens with zero attached hydrogens (tertiary/aromatic N) is 3. The first-order valence-corrected chi connectivity index (χ1v) is 9.80. The van der Waals surface area contributed by atoms with Gasteiger partial charge in [0.25, 0.3) is 5.91 Å². The average molecular weight is 425 g/mol. The molecule has 0 saturated carbocycles. The van der Waals surface area contributed by atoms with Crippen molar-refractivity contribution in [2.24, 2.45) is 0 Å². The van der Waals surface area contributed by atoms with E-state index in [1.807, 2.05) is 13.0 Å². The zero-order chi connectivity index (χ0) is 21.8. The summed E-state index contributed by atoms with van der Waals surface area (Å²) >= 11 is 0. The van der Waals surface area contributed by atoms with E-state index in [9.17, 15) is 13.6 Å². The number of aromatic nitrogens is 2. The number of benzene rings is 2. The first-order chi connectivity index (χ1) is 15.0. The van der Waals surface area contributed by atoms with Crippen molar-refractivity contribution in [2.75, 3.05) is 41.8 Å². The Morgan fingerprint density at radius 1 is 1.00 bits per heavy atom. The number of amides is 1. The molecule has 1 fully saturated rings. The SMILES string of the molecule is Cc1cc(N2CCOCC2)nc(Nc2ccc(NC(=O)c3c(F)cccc3F)cc2)n1. The van der Waals surface area contributed by atoms with Crippen LogP contribution in [0.25, 0.3) is 0 Å². The molecule has 9 heteroatoms. The Labute approximate surface area is 178 Å². The summed E-state index contributed by atoms with van der Waals surface area (Å²) < 4.78 is 32.9. The highest BCUT2D eigenvalue weighted by Gasteiger charge is 2.17. The lowest BCUT2D eigenvalue weighted by atomic mass is 10.1. The van der Waals surface area contributed by atoms with Gasteiger partial charge in [0.05, 0.1) is 13.2 Å². The molecule has 0 aliphatic carbocycles. The highest BCUT2D eigenvalue weighted by atomic mass is 19.1. The number of carbonyl (C=O) groups excluding carboxylic acids is 1. The van der Waals surface area contributed by atoms with E-state index >= 15 is 0 Å². The minimum absolute atomic E-state index is 0.400. The van der Waals surface area contributed by atoms with Crippen LogP contribution in [0.3, 0.4) is 0 Å². The normalized spacial score (nSPS) is 13.7. The van der Waals surface area contributed by atoms with Gasteiger partial charge in [0.1, 0.15) is 23.0 Å². The molecule has 1 aromatic heterocycles. The third-order valence-electron chi connectivity index (χ3n) is 4.76. The Morgan fingerprint density at radius 3 is 2.32 bits per heavy atom. The van der Waals surface area contributed by atoms with Gasteiger partial charge >= 0.3 is 0 Å². The predicted molar refractivity (Wildman–Crippen MR) is 114 cm³/mol. The number of hydrogen-bond acceptors (Lipinski definition) is 6. The van der Waals surface area contributed by atoms with E-state index in [1.54, 1.807) is 24.3 Å². The molecule has 1 aliphatic rings. The van der Waals surface area contributed by atoms with Gasteiger partial charge in [-0.25, -0.2) is 13.8 Å². The first kappa shape index (κ1) is 20.7. The van der Waals surface area contributed by atoms with Crippen molar-refractivity contribution in [1.29, 1.82) is 0 Å². The second-order valence-electron chi connectivity index (χ2n) is 7.04. The van der Waals surface area contributed by atoms with E-state index in [0.717, 1.165) is 36.7 Å². The predicted octanol–water partition coefficient (Wildman–Crippen LogP) is 3.90.